The second-order valence-corrected chi connectivity index (χ2v) is 6.17. The Bertz CT molecular complexity index is 611. The van der Waals surface area contributed by atoms with Gasteiger partial charge in [-0.2, -0.15) is 5.10 Å². The predicted octanol–water partition coefficient (Wildman–Crippen LogP) is 3.21. The molecule has 0 unspecified atom stereocenters. The molecular formula is C17H24N4. The maximum Gasteiger partial charge on any atom is 0.153 e. The molecule has 0 radical (unpaired) electrons. The highest BCUT2D eigenvalue weighted by molar-refractivity contribution is 5.31. The minimum Gasteiger partial charge on any atom is -0.310 e. The monoisotopic (exact) mass is 284 g/mol. The van der Waals surface area contributed by atoms with Crippen molar-refractivity contribution >= 4 is 0 Å². The molecule has 3 rings (SSSR count). The van der Waals surface area contributed by atoms with Crippen LogP contribution in [0.5, 0.6) is 0 Å². The molecule has 112 valence electrons. The number of aryl methyl sites for hydroxylation is 1. The molecule has 0 atom stereocenters. The fraction of sp³-hybridized carbons (Fsp3) is 0.529. The quantitative estimate of drug-likeness (QED) is 0.885. The van der Waals surface area contributed by atoms with E-state index >= 15 is 0 Å². The van der Waals surface area contributed by atoms with Crippen LogP contribution in [0, 0.1) is 0 Å². The van der Waals surface area contributed by atoms with E-state index < -0.39 is 0 Å². The summed E-state index contributed by atoms with van der Waals surface area (Å²) >= 11 is 0. The van der Waals surface area contributed by atoms with Crippen molar-refractivity contribution in [2.45, 2.75) is 58.5 Å². The zero-order valence-corrected chi connectivity index (χ0v) is 13.1. The molecular weight excluding hydrogens is 260 g/mol. The molecule has 21 heavy (non-hydrogen) atoms. The van der Waals surface area contributed by atoms with Gasteiger partial charge < -0.3 is 5.32 Å². The highest BCUT2D eigenvalue weighted by Gasteiger charge is 2.20. The first kappa shape index (κ1) is 14.3. The van der Waals surface area contributed by atoms with Crippen LogP contribution in [0.15, 0.2) is 24.4 Å². The number of rotatable bonds is 6. The van der Waals surface area contributed by atoms with Gasteiger partial charge >= 0.3 is 0 Å². The lowest BCUT2D eigenvalue weighted by molar-refractivity contribution is 0.683. The SMILES string of the molecule is CCc1cc(CNC2CC2)cc(-n2ccc(C(C)C)n2)n1. The Hall–Kier alpha value is -1.68. The van der Waals surface area contributed by atoms with Crippen molar-refractivity contribution in [3.8, 4) is 5.82 Å². The molecule has 0 amide bonds. The number of pyridine rings is 1. The molecule has 0 saturated heterocycles. The highest BCUT2D eigenvalue weighted by Crippen LogP contribution is 2.20. The summed E-state index contributed by atoms with van der Waals surface area (Å²) in [6.07, 6.45) is 5.59. The van der Waals surface area contributed by atoms with Crippen LogP contribution < -0.4 is 5.32 Å². The number of hydrogen-bond acceptors (Lipinski definition) is 3. The van der Waals surface area contributed by atoms with Crippen molar-refractivity contribution in [2.75, 3.05) is 0 Å². The minimum absolute atomic E-state index is 0.441. The number of hydrogen-bond donors (Lipinski definition) is 1. The Kier molecular flexibility index (Phi) is 4.06. The summed E-state index contributed by atoms with van der Waals surface area (Å²) in [6.45, 7) is 7.39. The van der Waals surface area contributed by atoms with E-state index in [0.29, 0.717) is 5.92 Å². The van der Waals surface area contributed by atoms with Gasteiger partial charge in [-0.3, -0.25) is 0 Å². The van der Waals surface area contributed by atoms with Crippen LogP contribution in [0.3, 0.4) is 0 Å². The van der Waals surface area contributed by atoms with E-state index in [1.807, 2.05) is 10.9 Å². The van der Waals surface area contributed by atoms with Gasteiger partial charge in [0.2, 0.25) is 0 Å². The minimum atomic E-state index is 0.441. The van der Waals surface area contributed by atoms with Gasteiger partial charge in [0, 0.05) is 24.5 Å². The van der Waals surface area contributed by atoms with Crippen LogP contribution in [0.4, 0.5) is 0 Å². The zero-order chi connectivity index (χ0) is 14.8. The van der Waals surface area contributed by atoms with Crippen molar-refractivity contribution in [3.63, 3.8) is 0 Å². The summed E-state index contributed by atoms with van der Waals surface area (Å²) in [6, 6.07) is 7.15. The first-order valence-corrected chi connectivity index (χ1v) is 7.95. The molecule has 2 aromatic rings. The van der Waals surface area contributed by atoms with Gasteiger partial charge in [-0.05, 0) is 48.9 Å². The van der Waals surface area contributed by atoms with E-state index in [0.717, 1.165) is 36.2 Å². The van der Waals surface area contributed by atoms with Crippen LogP contribution in [-0.4, -0.2) is 20.8 Å². The summed E-state index contributed by atoms with van der Waals surface area (Å²) in [5.74, 6) is 1.37. The summed E-state index contributed by atoms with van der Waals surface area (Å²) in [4.78, 5) is 4.71. The lowest BCUT2D eigenvalue weighted by Gasteiger charge is -2.09. The van der Waals surface area contributed by atoms with Crippen LogP contribution in [0.1, 0.15) is 56.5 Å². The normalized spacial score (nSPS) is 14.9. The molecule has 1 aliphatic carbocycles. The zero-order valence-electron chi connectivity index (χ0n) is 13.1. The molecule has 4 heteroatoms. The van der Waals surface area contributed by atoms with Gasteiger partial charge in [0.1, 0.15) is 0 Å². The highest BCUT2D eigenvalue weighted by atomic mass is 15.3. The van der Waals surface area contributed by atoms with Crippen molar-refractivity contribution in [2.24, 2.45) is 0 Å². The van der Waals surface area contributed by atoms with Crippen LogP contribution in [0.25, 0.3) is 5.82 Å². The third-order valence-corrected chi connectivity index (χ3v) is 3.90. The van der Waals surface area contributed by atoms with E-state index in [9.17, 15) is 0 Å². The van der Waals surface area contributed by atoms with Crippen molar-refractivity contribution in [1.29, 1.82) is 0 Å². The largest absolute Gasteiger partial charge is 0.310 e. The second-order valence-electron chi connectivity index (χ2n) is 6.17. The molecule has 1 fully saturated rings. The topological polar surface area (TPSA) is 42.7 Å². The molecule has 2 heterocycles. The van der Waals surface area contributed by atoms with Crippen LogP contribution >= 0.6 is 0 Å². The van der Waals surface area contributed by atoms with Crippen LogP contribution in [-0.2, 0) is 13.0 Å². The van der Waals surface area contributed by atoms with Gasteiger partial charge in [-0.1, -0.05) is 20.8 Å². The molecule has 0 bridgehead atoms. The third kappa shape index (κ3) is 3.50. The van der Waals surface area contributed by atoms with Crippen LogP contribution in [0.2, 0.25) is 0 Å². The molecule has 2 aromatic heterocycles. The Labute approximate surface area is 126 Å². The molecule has 1 saturated carbocycles. The summed E-state index contributed by atoms with van der Waals surface area (Å²) < 4.78 is 1.90. The first-order valence-electron chi connectivity index (χ1n) is 7.95. The van der Waals surface area contributed by atoms with Gasteiger partial charge in [0.05, 0.1) is 5.69 Å². The van der Waals surface area contributed by atoms with Crippen molar-refractivity contribution in [1.82, 2.24) is 20.1 Å². The Balaban J connectivity index is 1.86. The Morgan fingerprint density at radius 1 is 1.33 bits per heavy atom. The maximum atomic E-state index is 4.71. The van der Waals surface area contributed by atoms with E-state index in [4.69, 9.17) is 4.98 Å². The van der Waals surface area contributed by atoms with Gasteiger partial charge in [-0.15, -0.1) is 0 Å². The summed E-state index contributed by atoms with van der Waals surface area (Å²) in [5.41, 5.74) is 3.53. The lowest BCUT2D eigenvalue weighted by Crippen LogP contribution is -2.16. The second kappa shape index (κ2) is 5.98. The average molecular weight is 284 g/mol. The van der Waals surface area contributed by atoms with E-state index in [2.05, 4.69) is 49.4 Å². The Morgan fingerprint density at radius 2 is 2.14 bits per heavy atom. The molecule has 0 aromatic carbocycles. The molecule has 0 aliphatic heterocycles. The maximum absolute atomic E-state index is 4.71. The number of aromatic nitrogens is 3. The molecule has 1 aliphatic rings. The van der Waals surface area contributed by atoms with E-state index in [1.54, 1.807) is 0 Å². The van der Waals surface area contributed by atoms with Gasteiger partial charge in [-0.25, -0.2) is 9.67 Å². The van der Waals surface area contributed by atoms with Crippen molar-refractivity contribution < 1.29 is 0 Å². The number of nitrogens with zero attached hydrogens (tertiary/aromatic N) is 3. The van der Waals surface area contributed by atoms with Gasteiger partial charge in [0.25, 0.3) is 0 Å². The number of nitrogens with one attached hydrogen (secondary N) is 1. The van der Waals surface area contributed by atoms with E-state index in [-0.39, 0.29) is 0 Å². The fourth-order valence-electron chi connectivity index (χ4n) is 2.36. The van der Waals surface area contributed by atoms with Gasteiger partial charge in [0.15, 0.2) is 5.82 Å². The van der Waals surface area contributed by atoms with Crippen molar-refractivity contribution in [3.05, 3.63) is 41.3 Å². The smallest absolute Gasteiger partial charge is 0.153 e. The summed E-state index contributed by atoms with van der Waals surface area (Å²) in [7, 11) is 0. The standard InChI is InChI=1S/C17H24N4/c1-4-14-9-13(11-18-15-5-6-15)10-17(19-14)21-8-7-16(20-21)12(2)3/h7-10,12,15,18H,4-6,11H2,1-3H3. The molecule has 1 N–H and O–H groups in total. The Morgan fingerprint density at radius 3 is 2.76 bits per heavy atom. The first-order chi connectivity index (χ1) is 10.2. The third-order valence-electron chi connectivity index (χ3n) is 3.90. The average Bonchev–Trinajstić information content (AvgIpc) is 3.18. The van der Waals surface area contributed by atoms with E-state index in [1.165, 1.54) is 18.4 Å². The molecule has 4 nitrogen and oxygen atoms in total. The summed E-state index contributed by atoms with van der Waals surface area (Å²) in [5, 5.41) is 8.21. The predicted molar refractivity (Wildman–Crippen MR) is 84.7 cm³/mol. The molecule has 0 spiro atoms. The fourth-order valence-corrected chi connectivity index (χ4v) is 2.36. The lowest BCUT2D eigenvalue weighted by atomic mass is 10.1.